The number of aromatic amines is 1. The number of aromatic nitrogens is 3. The molecule has 1 aliphatic rings. The lowest BCUT2D eigenvalue weighted by molar-refractivity contribution is 0.0606. The summed E-state index contributed by atoms with van der Waals surface area (Å²) in [5, 5.41) is 2.87. The number of thiazole rings is 1. The van der Waals surface area contributed by atoms with Crippen LogP contribution in [-0.4, -0.2) is 32.3 Å². The van der Waals surface area contributed by atoms with Gasteiger partial charge in [-0.05, 0) is 42.8 Å². The number of thiophene rings is 1. The minimum absolute atomic E-state index is 0.0105. The summed E-state index contributed by atoms with van der Waals surface area (Å²) in [4.78, 5) is 29.2. The van der Waals surface area contributed by atoms with Crippen molar-refractivity contribution in [2.75, 3.05) is 6.54 Å². The number of nitrogens with zero attached hydrogens (tertiary/aromatic N) is 3. The van der Waals surface area contributed by atoms with Gasteiger partial charge < -0.3 is 9.88 Å². The van der Waals surface area contributed by atoms with Gasteiger partial charge >= 0.3 is 0 Å². The van der Waals surface area contributed by atoms with E-state index < -0.39 is 0 Å². The number of imidazole rings is 1. The number of carbonyl (C=O) groups excluding carboxylic acids is 1. The number of nitrogens with one attached hydrogen (secondary N) is 1. The molecule has 0 saturated carbocycles. The summed E-state index contributed by atoms with van der Waals surface area (Å²) in [6, 6.07) is 10.3. The molecule has 0 spiro atoms. The molecule has 3 aromatic heterocycles. The van der Waals surface area contributed by atoms with Crippen LogP contribution in [0.2, 0.25) is 0 Å². The van der Waals surface area contributed by atoms with Crippen molar-refractivity contribution in [1.82, 2.24) is 19.9 Å². The number of likely N-dealkylation sites (tertiary alicyclic amines) is 1. The predicted molar refractivity (Wildman–Crippen MR) is 117 cm³/mol. The largest absolute Gasteiger partial charge is 0.340 e. The van der Waals surface area contributed by atoms with Crippen LogP contribution in [0.4, 0.5) is 4.39 Å². The van der Waals surface area contributed by atoms with Gasteiger partial charge in [0.05, 0.1) is 29.0 Å². The molecule has 1 saturated heterocycles. The molecule has 1 N–H and O–H groups in total. The quantitative estimate of drug-likeness (QED) is 0.440. The molecule has 0 radical (unpaired) electrons. The number of halogens is 1. The second-order valence-corrected chi connectivity index (χ2v) is 9.19. The average molecular weight is 439 g/mol. The summed E-state index contributed by atoms with van der Waals surface area (Å²) in [6.07, 6.45) is 6.24. The van der Waals surface area contributed by atoms with Crippen LogP contribution >= 0.6 is 22.7 Å². The summed E-state index contributed by atoms with van der Waals surface area (Å²) < 4.78 is 13.6. The fourth-order valence-corrected chi connectivity index (χ4v) is 5.47. The lowest BCUT2D eigenvalue weighted by Crippen LogP contribution is -2.38. The molecule has 1 aliphatic heterocycles. The summed E-state index contributed by atoms with van der Waals surface area (Å²) >= 11 is 3.05. The van der Waals surface area contributed by atoms with E-state index in [1.807, 2.05) is 28.5 Å². The van der Waals surface area contributed by atoms with Crippen molar-refractivity contribution in [2.24, 2.45) is 0 Å². The van der Waals surface area contributed by atoms with E-state index in [-0.39, 0.29) is 17.8 Å². The van der Waals surface area contributed by atoms with Crippen molar-refractivity contribution in [2.45, 2.75) is 25.3 Å². The molecular formula is C22H19FN4OS2. The topological polar surface area (TPSA) is 61.9 Å². The van der Waals surface area contributed by atoms with Gasteiger partial charge in [0.25, 0.3) is 5.91 Å². The van der Waals surface area contributed by atoms with E-state index in [2.05, 4.69) is 15.0 Å². The highest BCUT2D eigenvalue weighted by molar-refractivity contribution is 7.21. The van der Waals surface area contributed by atoms with Crippen LogP contribution < -0.4 is 0 Å². The standard InChI is InChI=1S/C22H19FN4OS2/c23-15-6-3-5-14(11-15)16-12-24-20(26-16)17-7-1-2-9-27(17)22(28)19-13-25-21(30-19)18-8-4-10-29-18/h3-6,8,10-13,17H,1-2,7,9H2,(H,24,26). The summed E-state index contributed by atoms with van der Waals surface area (Å²) in [6.45, 7) is 0.686. The van der Waals surface area contributed by atoms with E-state index in [9.17, 15) is 9.18 Å². The van der Waals surface area contributed by atoms with Crippen LogP contribution in [0.5, 0.6) is 0 Å². The molecule has 5 rings (SSSR count). The molecule has 1 amide bonds. The van der Waals surface area contributed by atoms with Gasteiger partial charge in [-0.1, -0.05) is 18.2 Å². The number of piperidine rings is 1. The fraction of sp³-hybridized carbons (Fsp3) is 0.227. The molecule has 0 aliphatic carbocycles. The Morgan fingerprint density at radius 1 is 1.17 bits per heavy atom. The third-order valence-electron chi connectivity index (χ3n) is 5.26. The molecule has 152 valence electrons. The number of amides is 1. The molecule has 5 nitrogen and oxygen atoms in total. The SMILES string of the molecule is O=C(c1cnc(-c2cccs2)s1)N1CCCCC1c1ncc(-c2cccc(F)c2)[nH]1. The van der Waals surface area contributed by atoms with E-state index in [4.69, 9.17) is 0 Å². The van der Waals surface area contributed by atoms with E-state index in [0.717, 1.165) is 46.2 Å². The van der Waals surface area contributed by atoms with E-state index in [1.165, 1.54) is 23.5 Å². The number of carbonyl (C=O) groups is 1. The zero-order chi connectivity index (χ0) is 20.5. The minimum Gasteiger partial charge on any atom is -0.340 e. The first-order valence-corrected chi connectivity index (χ1v) is 11.5. The Balaban J connectivity index is 1.40. The number of hydrogen-bond donors (Lipinski definition) is 1. The maximum Gasteiger partial charge on any atom is 0.266 e. The summed E-state index contributed by atoms with van der Waals surface area (Å²) in [5.74, 6) is 0.443. The molecule has 0 bridgehead atoms. The molecular weight excluding hydrogens is 419 g/mol. The first kappa shape index (κ1) is 19.1. The van der Waals surface area contributed by atoms with Gasteiger partial charge in [0.15, 0.2) is 0 Å². The van der Waals surface area contributed by atoms with Crippen molar-refractivity contribution in [1.29, 1.82) is 0 Å². The molecule has 30 heavy (non-hydrogen) atoms. The molecule has 4 heterocycles. The second-order valence-electron chi connectivity index (χ2n) is 7.21. The first-order chi connectivity index (χ1) is 14.7. The number of benzene rings is 1. The third-order valence-corrected chi connectivity index (χ3v) is 7.28. The molecule has 1 aromatic carbocycles. The number of rotatable bonds is 4. The van der Waals surface area contributed by atoms with Crippen molar-refractivity contribution < 1.29 is 9.18 Å². The second kappa shape index (κ2) is 8.12. The highest BCUT2D eigenvalue weighted by Gasteiger charge is 2.31. The predicted octanol–water partition coefficient (Wildman–Crippen LogP) is 5.77. The number of hydrogen-bond acceptors (Lipinski definition) is 5. The number of H-pyrrole nitrogens is 1. The van der Waals surface area contributed by atoms with Crippen LogP contribution in [0.25, 0.3) is 21.1 Å². The van der Waals surface area contributed by atoms with Crippen LogP contribution in [0.1, 0.15) is 40.8 Å². The third kappa shape index (κ3) is 3.68. The Morgan fingerprint density at radius 3 is 2.93 bits per heavy atom. The minimum atomic E-state index is -0.287. The molecule has 1 fully saturated rings. The van der Waals surface area contributed by atoms with E-state index in [0.29, 0.717) is 11.4 Å². The molecule has 1 unspecified atom stereocenters. The highest BCUT2D eigenvalue weighted by atomic mass is 32.1. The zero-order valence-corrected chi connectivity index (χ0v) is 17.7. The Labute approximate surface area is 181 Å². The summed E-state index contributed by atoms with van der Waals surface area (Å²) in [7, 11) is 0. The molecule has 4 aromatic rings. The van der Waals surface area contributed by atoms with Crippen LogP contribution in [0.3, 0.4) is 0 Å². The van der Waals surface area contributed by atoms with Gasteiger partial charge in [0, 0.05) is 12.1 Å². The lowest BCUT2D eigenvalue weighted by atomic mass is 10.0. The van der Waals surface area contributed by atoms with Crippen molar-refractivity contribution in [3.8, 4) is 21.1 Å². The normalized spacial score (nSPS) is 16.7. The smallest absolute Gasteiger partial charge is 0.266 e. The van der Waals surface area contributed by atoms with Crippen LogP contribution in [-0.2, 0) is 0 Å². The lowest BCUT2D eigenvalue weighted by Gasteiger charge is -2.34. The monoisotopic (exact) mass is 438 g/mol. The first-order valence-electron chi connectivity index (χ1n) is 9.80. The van der Waals surface area contributed by atoms with Crippen molar-refractivity contribution in [3.63, 3.8) is 0 Å². The fourth-order valence-electron chi connectivity index (χ4n) is 3.80. The Bertz CT molecular complexity index is 1170. The van der Waals surface area contributed by atoms with Crippen molar-refractivity contribution in [3.05, 3.63) is 70.7 Å². The Hall–Kier alpha value is -2.84. The van der Waals surface area contributed by atoms with E-state index >= 15 is 0 Å². The van der Waals surface area contributed by atoms with Crippen molar-refractivity contribution >= 4 is 28.6 Å². The summed E-state index contributed by atoms with van der Waals surface area (Å²) in [5.41, 5.74) is 1.49. The van der Waals surface area contributed by atoms with Gasteiger partial charge in [-0.3, -0.25) is 4.79 Å². The van der Waals surface area contributed by atoms with E-state index in [1.54, 1.807) is 29.8 Å². The van der Waals surface area contributed by atoms with Gasteiger partial charge in [0.2, 0.25) is 0 Å². The van der Waals surface area contributed by atoms with Gasteiger partial charge in [-0.15, -0.1) is 22.7 Å². The van der Waals surface area contributed by atoms with Gasteiger partial charge in [-0.2, -0.15) is 0 Å². The highest BCUT2D eigenvalue weighted by Crippen LogP contribution is 2.34. The van der Waals surface area contributed by atoms with Gasteiger partial charge in [0.1, 0.15) is 21.5 Å². The van der Waals surface area contributed by atoms with Gasteiger partial charge in [-0.25, -0.2) is 14.4 Å². The molecule has 1 atom stereocenters. The maximum atomic E-state index is 13.6. The zero-order valence-electron chi connectivity index (χ0n) is 16.0. The average Bonchev–Trinajstić information content (AvgIpc) is 3.54. The maximum absolute atomic E-state index is 13.6. The Kier molecular flexibility index (Phi) is 5.18. The Morgan fingerprint density at radius 2 is 2.10 bits per heavy atom. The molecule has 8 heteroatoms. The van der Waals surface area contributed by atoms with Crippen LogP contribution in [0.15, 0.2) is 54.2 Å². The van der Waals surface area contributed by atoms with Crippen LogP contribution in [0, 0.1) is 5.82 Å².